The van der Waals surface area contributed by atoms with Gasteiger partial charge in [-0.2, -0.15) is 0 Å². The SMILES string of the molecule is C.C.C.C.C.C.C.C.C.C.C.C.CCC(C)(C)C(=O)OCC(=O)OC1CC2CCC1O2.CCC(C)(C)C(=O)OCC1C2CC3C1OC(=O)C3C2C(=O)OC.CCC(C)(C)C(=O)OCCC(=O)OC1CC2CCC1O2.CCC(C)(C)C(=O)OCCOC1C2CC3C(=O)OC1C3O2.CCC(C)(C)C(=O)OCCOC1C2CC3C1OC(=O)C3C2C(=O)OC.CCC(C)C(=O)OC1C2CC3C(=O)OC1C3O2. The number of hydrogen-bond donors (Lipinski definition) is 0. The molecule has 29 atom stereocenters. The topological polar surface area (TPSA) is 424 Å². The quantitative estimate of drug-likeness (QED) is 0.0343. The number of ether oxygens (including phenoxy) is 20. The predicted molar refractivity (Wildman–Crippen MR) is 512 cm³/mol. The molecular formula is C103H182O34. The third-order valence-electron chi connectivity index (χ3n) is 29.5. The van der Waals surface area contributed by atoms with Crippen molar-refractivity contribution >= 4 is 83.6 Å². The molecule has 0 aromatic heterocycles. The average Bonchev–Trinajstić information content (AvgIpc) is 1.52. The molecule has 16 fully saturated rings. The predicted octanol–water partition coefficient (Wildman–Crippen LogP) is 16.3. The molecule has 0 amide bonds. The Labute approximate surface area is 820 Å². The maximum Gasteiger partial charge on any atom is 0.344 e. The lowest BCUT2D eigenvalue weighted by Crippen LogP contribution is -2.43. The maximum absolute atomic E-state index is 12.2. The fourth-order valence-electron chi connectivity index (χ4n) is 19.5. The third-order valence-corrected chi connectivity index (χ3v) is 29.5. The van der Waals surface area contributed by atoms with E-state index in [0.717, 1.165) is 64.2 Å². The molecule has 12 aliphatic heterocycles. The van der Waals surface area contributed by atoms with Gasteiger partial charge in [0.05, 0.1) is 152 Å². The minimum atomic E-state index is -0.560. The van der Waals surface area contributed by atoms with Crippen molar-refractivity contribution in [2.24, 2.45) is 98.1 Å². The van der Waals surface area contributed by atoms with Crippen LogP contribution in [0.5, 0.6) is 0 Å². The van der Waals surface area contributed by atoms with Gasteiger partial charge < -0.3 is 94.7 Å². The standard InChI is InChI=1S/C18H26O7.C17H24O6.C15H22O6.C15H24O5.C14H22O5.C12H16O5.12CH4/c1-5-18(2,3)17(21)24-7-6-23-13-9-8-10-12(11(9)15(19)22-4)16(20)25-14(10)13;1-5-17(2,3)16(20)22-7-10-8-6-9-12(11(8)14(18)21-4)15(19)23-13(9)10;1-4-15(2,3)14(17)19-6-5-18-11-9-7-8-10(20-9)12(11)21-13(8)16;1-4-15(2,3)14(17)18-8-7-13(16)20-12-9-10-5-6-11(12)19-10;1-4-14(2,3)13(16)17-8-12(15)19-11-7-9-5-6-10(11)18-9;1-3-5(2)11(13)16-9-7-4-6-8(15-7)10(9)17-12(6)14;;;;;;;;;;;;/h9-14H,5-8H2,1-4H3;8-13H,5-7H2,1-4H3;8-12H,4-7H2,1-3H3;10-12H,4-9H2,1-3H3;9-11H,4-8H2,1-3H3;5-10H,3-4H2,1-2H3;12*1H4. The van der Waals surface area contributed by atoms with Crippen LogP contribution in [0.4, 0.5) is 0 Å². The van der Waals surface area contributed by atoms with E-state index in [1.165, 1.54) is 14.2 Å². The van der Waals surface area contributed by atoms with Crippen LogP contribution < -0.4 is 0 Å². The van der Waals surface area contributed by atoms with E-state index in [-0.39, 0.29) is 364 Å². The van der Waals surface area contributed by atoms with Crippen molar-refractivity contribution in [2.75, 3.05) is 60.5 Å². The van der Waals surface area contributed by atoms with Gasteiger partial charge in [-0.15, -0.1) is 0 Å². The van der Waals surface area contributed by atoms with Crippen LogP contribution in [0, 0.1) is 98.1 Å². The van der Waals surface area contributed by atoms with Crippen LogP contribution in [0.15, 0.2) is 0 Å². The molecule has 0 N–H and O–H groups in total. The first-order chi connectivity index (χ1) is 59.0. The van der Waals surface area contributed by atoms with Crippen LogP contribution in [0.2, 0.25) is 0 Å². The zero-order valence-corrected chi connectivity index (χ0v) is 76.1. The summed E-state index contributed by atoms with van der Waals surface area (Å²) in [7, 11) is 2.67. The minimum absolute atomic E-state index is 0. The highest BCUT2D eigenvalue weighted by Gasteiger charge is 2.72. The van der Waals surface area contributed by atoms with Gasteiger partial charge in [0.25, 0.3) is 0 Å². The highest BCUT2D eigenvalue weighted by atomic mass is 16.7. The molecule has 16 rings (SSSR count). The molecule has 137 heavy (non-hydrogen) atoms. The molecule has 0 aromatic rings. The van der Waals surface area contributed by atoms with E-state index in [2.05, 4.69) is 0 Å². The Morgan fingerprint density at radius 2 is 0.723 bits per heavy atom. The summed E-state index contributed by atoms with van der Waals surface area (Å²) < 4.78 is 108. The first-order valence-corrected chi connectivity index (χ1v) is 45.3. The summed E-state index contributed by atoms with van der Waals surface area (Å²) in [4.78, 5) is 166. The Kier molecular flexibility index (Phi) is 52.3. The summed E-state index contributed by atoms with van der Waals surface area (Å²) in [5, 5.41) is 0. The molecule has 0 radical (unpaired) electrons. The Balaban J connectivity index is 0. The molecule has 12 heterocycles. The first-order valence-electron chi connectivity index (χ1n) is 45.3. The van der Waals surface area contributed by atoms with Crippen LogP contribution >= 0.6 is 0 Å². The molecule has 4 aliphatic carbocycles. The average molecular weight is 1960 g/mol. The molecule has 0 spiro atoms. The first kappa shape index (κ1) is 131. The molecule has 798 valence electrons. The molecule has 16 aliphatic rings. The largest absolute Gasteiger partial charge is 0.469 e. The van der Waals surface area contributed by atoms with Crippen molar-refractivity contribution in [1.29, 1.82) is 0 Å². The van der Waals surface area contributed by atoms with Crippen molar-refractivity contribution in [2.45, 2.75) is 420 Å². The highest BCUT2D eigenvalue weighted by Crippen LogP contribution is 2.62. The van der Waals surface area contributed by atoms with Crippen LogP contribution in [0.25, 0.3) is 0 Å². The van der Waals surface area contributed by atoms with Crippen molar-refractivity contribution in [3.05, 3.63) is 0 Å². The van der Waals surface area contributed by atoms with E-state index >= 15 is 0 Å². The monoisotopic (exact) mass is 1960 g/mol. The second-order valence-electron chi connectivity index (χ2n) is 39.2. The van der Waals surface area contributed by atoms with Gasteiger partial charge in [-0.1, -0.05) is 138 Å². The molecule has 12 bridgehead atoms. The smallest absolute Gasteiger partial charge is 0.344 e. The van der Waals surface area contributed by atoms with E-state index < -0.39 is 56.9 Å². The van der Waals surface area contributed by atoms with Gasteiger partial charge in [0.1, 0.15) is 62.5 Å². The van der Waals surface area contributed by atoms with E-state index in [9.17, 15) is 67.1 Å². The zero-order valence-electron chi connectivity index (χ0n) is 76.1. The minimum Gasteiger partial charge on any atom is -0.469 e. The van der Waals surface area contributed by atoms with Gasteiger partial charge >= 0.3 is 83.6 Å². The molecular weight excluding hydrogens is 1780 g/mol. The van der Waals surface area contributed by atoms with Gasteiger partial charge in [-0.05, 0) is 165 Å². The molecule has 0 aromatic carbocycles. The molecule has 34 nitrogen and oxygen atoms in total. The van der Waals surface area contributed by atoms with Gasteiger partial charge in [-0.25, -0.2) is 4.79 Å². The van der Waals surface area contributed by atoms with E-state index in [0.29, 0.717) is 45.1 Å². The fourth-order valence-corrected chi connectivity index (χ4v) is 19.5. The summed E-state index contributed by atoms with van der Waals surface area (Å²) in [5.41, 5.74) is -2.58. The van der Waals surface area contributed by atoms with Crippen LogP contribution in [0.1, 0.15) is 316 Å². The number of rotatable bonds is 32. The Bertz CT molecular complexity index is 3920. The lowest BCUT2D eigenvalue weighted by molar-refractivity contribution is -0.168. The van der Waals surface area contributed by atoms with Gasteiger partial charge in [0.15, 0.2) is 24.9 Å². The maximum atomic E-state index is 12.2. The summed E-state index contributed by atoms with van der Waals surface area (Å²) in [6, 6.07) is 0. The van der Waals surface area contributed by atoms with Gasteiger partial charge in [-0.3, -0.25) is 62.3 Å². The fraction of sp³-hybridized carbons (Fsp3) is 0.864. The van der Waals surface area contributed by atoms with Crippen LogP contribution in [0.3, 0.4) is 0 Å². The number of hydrogen-bond acceptors (Lipinski definition) is 34. The third kappa shape index (κ3) is 28.7. The van der Waals surface area contributed by atoms with Crippen molar-refractivity contribution in [3.63, 3.8) is 0 Å². The summed E-state index contributed by atoms with van der Waals surface area (Å²) in [5.74, 6) is -6.34. The zero-order chi connectivity index (χ0) is 91.4. The summed E-state index contributed by atoms with van der Waals surface area (Å²) >= 11 is 0. The second kappa shape index (κ2) is 54.5. The molecule has 34 heteroatoms. The van der Waals surface area contributed by atoms with E-state index in [4.69, 9.17) is 94.7 Å². The number of methoxy groups -OCH3 is 2. The number of fused-ring (bicyclic) bond motifs is 8. The Morgan fingerprint density at radius 1 is 0.358 bits per heavy atom. The van der Waals surface area contributed by atoms with Crippen molar-refractivity contribution in [3.8, 4) is 0 Å². The Hall–Kier alpha value is -7.66. The van der Waals surface area contributed by atoms with Crippen LogP contribution in [-0.2, 0) is 162 Å². The number of carbonyl (C=O) groups is 14. The summed E-state index contributed by atoms with van der Waals surface area (Å²) in [6.45, 7) is 32.6. The number of esters is 14. The van der Waals surface area contributed by atoms with Crippen molar-refractivity contribution < 1.29 is 162 Å². The molecule has 29 unspecified atom stereocenters. The van der Waals surface area contributed by atoms with Gasteiger partial charge in [0, 0.05) is 36.5 Å². The second-order valence-corrected chi connectivity index (χ2v) is 39.2. The normalized spacial score (nSPS) is 32.1. The lowest BCUT2D eigenvalue weighted by Gasteiger charge is -2.31. The van der Waals surface area contributed by atoms with Crippen LogP contribution in [-0.4, -0.2) is 248 Å². The summed E-state index contributed by atoms with van der Waals surface area (Å²) in [6.07, 6.45) is 10.4. The van der Waals surface area contributed by atoms with Gasteiger partial charge in [0.2, 0.25) is 0 Å². The number of carbonyl (C=O) groups excluding carboxylic acids is 14. The lowest BCUT2D eigenvalue weighted by atomic mass is 9.74. The van der Waals surface area contributed by atoms with Crippen molar-refractivity contribution in [1.82, 2.24) is 0 Å². The molecule has 4 saturated carbocycles. The van der Waals surface area contributed by atoms with E-state index in [1.54, 1.807) is 13.8 Å². The Morgan fingerprint density at radius 3 is 1.13 bits per heavy atom. The highest BCUT2D eigenvalue weighted by molar-refractivity contribution is 5.88. The molecule has 12 saturated heterocycles. The van der Waals surface area contributed by atoms with E-state index in [1.807, 2.05) is 104 Å².